The normalized spacial score (nSPS) is 7.36. The van der Waals surface area contributed by atoms with E-state index in [0.29, 0.717) is 0 Å². The van der Waals surface area contributed by atoms with E-state index in [2.05, 4.69) is 6.58 Å². The maximum absolute atomic E-state index is 9.43. The summed E-state index contributed by atoms with van der Waals surface area (Å²) in [4.78, 5) is 18.9. The zero-order valence-electron chi connectivity index (χ0n) is 6.07. The van der Waals surface area contributed by atoms with Gasteiger partial charge in [-0.1, -0.05) is 6.58 Å². The average Bonchev–Trinajstić information content (AvgIpc) is 1.56. The largest absolute Gasteiger partial charge is 0.513 e. The van der Waals surface area contributed by atoms with Gasteiger partial charge in [0, 0.05) is 0 Å². The van der Waals surface area contributed by atoms with E-state index in [1.54, 1.807) is 0 Å². The van der Waals surface area contributed by atoms with Crippen LogP contribution < -0.4 is 0 Å². The van der Waals surface area contributed by atoms with E-state index in [9.17, 15) is 9.59 Å². The number of carboxylic acids is 2. The van der Waals surface area contributed by atoms with Gasteiger partial charge in [-0.3, -0.25) is 9.59 Å². The molecule has 5 nitrogen and oxygen atoms in total. The van der Waals surface area contributed by atoms with Crippen LogP contribution in [-0.2, 0) is 9.59 Å². The molecular weight excluding hydrogens is 152 g/mol. The number of carbonyl (C=O) groups is 2. The molecule has 0 fully saturated rings. The smallest absolute Gasteiger partial charge is 0.314 e. The predicted molar refractivity (Wildman–Crippen MR) is 37.3 cm³/mol. The van der Waals surface area contributed by atoms with Crippen LogP contribution >= 0.6 is 0 Å². The fourth-order valence-corrected chi connectivity index (χ4v) is 0.129. The molecule has 0 aromatic heterocycles. The highest BCUT2D eigenvalue weighted by Gasteiger charge is 2.01. The number of hydrogen-bond acceptors (Lipinski definition) is 3. The molecule has 0 saturated heterocycles. The summed E-state index contributed by atoms with van der Waals surface area (Å²) in [5.41, 5.74) is 0. The van der Waals surface area contributed by atoms with Crippen molar-refractivity contribution in [1.82, 2.24) is 0 Å². The zero-order valence-corrected chi connectivity index (χ0v) is 6.07. The van der Waals surface area contributed by atoms with Gasteiger partial charge in [-0.05, 0) is 6.92 Å². The summed E-state index contributed by atoms with van der Waals surface area (Å²) in [6.45, 7) is 4.64. The molecule has 0 radical (unpaired) electrons. The summed E-state index contributed by atoms with van der Waals surface area (Å²) in [7, 11) is 0. The van der Waals surface area contributed by atoms with Crippen molar-refractivity contribution in [3.05, 3.63) is 12.3 Å². The van der Waals surface area contributed by atoms with E-state index in [1.165, 1.54) is 6.92 Å². The summed E-state index contributed by atoms with van der Waals surface area (Å²) < 4.78 is 0. The molecule has 0 spiro atoms. The minimum atomic E-state index is -1.31. The van der Waals surface area contributed by atoms with Crippen LogP contribution in [-0.4, -0.2) is 27.3 Å². The van der Waals surface area contributed by atoms with Crippen LogP contribution in [0.1, 0.15) is 13.3 Å². The van der Waals surface area contributed by atoms with Gasteiger partial charge in [0.25, 0.3) is 0 Å². The van der Waals surface area contributed by atoms with Gasteiger partial charge in [-0.2, -0.15) is 0 Å². The van der Waals surface area contributed by atoms with Crippen molar-refractivity contribution in [1.29, 1.82) is 0 Å². The van der Waals surface area contributed by atoms with Gasteiger partial charge in [0.05, 0.1) is 5.76 Å². The minimum absolute atomic E-state index is 0.167. The van der Waals surface area contributed by atoms with Gasteiger partial charge < -0.3 is 15.3 Å². The second-order valence-electron chi connectivity index (χ2n) is 1.70. The van der Waals surface area contributed by atoms with E-state index in [4.69, 9.17) is 15.3 Å². The first kappa shape index (κ1) is 12.2. The standard InChI is InChI=1S/C3H4O4.C3H6O/c4-2(5)1-3(6)7;1-3(2)4/h1H2,(H,4,5)(H,6,7);4H,1H2,2H3. The van der Waals surface area contributed by atoms with Crippen molar-refractivity contribution in [2.75, 3.05) is 0 Å². The van der Waals surface area contributed by atoms with Gasteiger partial charge in [0.1, 0.15) is 6.42 Å². The van der Waals surface area contributed by atoms with Crippen molar-refractivity contribution in [2.24, 2.45) is 0 Å². The van der Waals surface area contributed by atoms with E-state index in [-0.39, 0.29) is 5.76 Å². The molecule has 0 aliphatic rings. The van der Waals surface area contributed by atoms with Crippen LogP contribution in [0.3, 0.4) is 0 Å². The number of rotatable bonds is 2. The molecule has 0 unspecified atom stereocenters. The highest BCUT2D eigenvalue weighted by molar-refractivity contribution is 5.88. The number of carboxylic acid groups (broad SMARTS) is 2. The molecule has 0 bridgehead atoms. The molecule has 64 valence electrons. The Hall–Kier alpha value is -1.52. The molecule has 0 rings (SSSR count). The molecule has 3 N–H and O–H groups in total. The Labute approximate surface area is 63.6 Å². The van der Waals surface area contributed by atoms with Crippen molar-refractivity contribution in [3.8, 4) is 0 Å². The number of allylic oxidation sites excluding steroid dienone is 1. The molecule has 0 aromatic carbocycles. The van der Waals surface area contributed by atoms with Crippen LogP contribution in [0.25, 0.3) is 0 Å². The van der Waals surface area contributed by atoms with Crippen molar-refractivity contribution >= 4 is 11.9 Å². The lowest BCUT2D eigenvalue weighted by Gasteiger charge is -1.80. The third-order valence-corrected chi connectivity index (χ3v) is 0.302. The van der Waals surface area contributed by atoms with Crippen LogP contribution in [0.2, 0.25) is 0 Å². The second-order valence-corrected chi connectivity index (χ2v) is 1.70. The topological polar surface area (TPSA) is 94.8 Å². The summed E-state index contributed by atoms with van der Waals surface area (Å²) in [6.07, 6.45) is -0.806. The van der Waals surface area contributed by atoms with Gasteiger partial charge in [-0.15, -0.1) is 0 Å². The molecule has 0 heterocycles. The second kappa shape index (κ2) is 6.60. The van der Waals surface area contributed by atoms with Crippen LogP contribution in [0.4, 0.5) is 0 Å². The molecule has 11 heavy (non-hydrogen) atoms. The lowest BCUT2D eigenvalue weighted by Crippen LogP contribution is -2.03. The molecule has 0 aromatic rings. The maximum atomic E-state index is 9.43. The SMILES string of the molecule is C=C(C)O.O=C(O)CC(=O)O. The van der Waals surface area contributed by atoms with Crippen LogP contribution in [0, 0.1) is 0 Å². The maximum Gasteiger partial charge on any atom is 0.314 e. The van der Waals surface area contributed by atoms with Crippen LogP contribution in [0.15, 0.2) is 12.3 Å². The fourth-order valence-electron chi connectivity index (χ4n) is 0.129. The third-order valence-electron chi connectivity index (χ3n) is 0.302. The lowest BCUT2D eigenvalue weighted by molar-refractivity contribution is -0.147. The average molecular weight is 162 g/mol. The minimum Gasteiger partial charge on any atom is -0.513 e. The van der Waals surface area contributed by atoms with Gasteiger partial charge in [-0.25, -0.2) is 0 Å². The monoisotopic (exact) mass is 162 g/mol. The Bertz CT molecular complexity index is 144. The van der Waals surface area contributed by atoms with Crippen molar-refractivity contribution in [3.63, 3.8) is 0 Å². The van der Waals surface area contributed by atoms with Crippen LogP contribution in [0.5, 0.6) is 0 Å². The first-order valence-electron chi connectivity index (χ1n) is 2.64. The highest BCUT2D eigenvalue weighted by Crippen LogP contribution is 1.74. The van der Waals surface area contributed by atoms with Gasteiger partial charge in [0.15, 0.2) is 0 Å². The van der Waals surface area contributed by atoms with E-state index in [0.717, 1.165) is 0 Å². The molecular formula is C6H10O5. The highest BCUT2D eigenvalue weighted by atomic mass is 16.4. The fraction of sp³-hybridized carbons (Fsp3) is 0.333. The predicted octanol–water partition coefficient (Wildman–Crippen LogP) is 0.624. The molecule has 0 saturated carbocycles. The van der Waals surface area contributed by atoms with E-state index in [1.807, 2.05) is 0 Å². The molecule has 0 amide bonds. The Morgan fingerprint density at radius 3 is 1.36 bits per heavy atom. The number of aliphatic hydroxyl groups is 1. The zero-order chi connectivity index (χ0) is 9.44. The van der Waals surface area contributed by atoms with Gasteiger partial charge >= 0.3 is 11.9 Å². The molecule has 5 heteroatoms. The number of aliphatic hydroxyl groups excluding tert-OH is 1. The summed E-state index contributed by atoms with van der Waals surface area (Å²) in [5, 5.41) is 23.3. The van der Waals surface area contributed by atoms with Crippen molar-refractivity contribution < 1.29 is 24.9 Å². The quantitative estimate of drug-likeness (QED) is 0.408. The van der Waals surface area contributed by atoms with E-state index < -0.39 is 18.4 Å². The molecule has 0 aliphatic carbocycles. The first-order valence-corrected chi connectivity index (χ1v) is 2.64. The summed E-state index contributed by atoms with van der Waals surface area (Å²) >= 11 is 0. The molecule has 0 aliphatic heterocycles. The Morgan fingerprint density at radius 2 is 1.36 bits per heavy atom. The summed E-state index contributed by atoms with van der Waals surface area (Å²) in [5.74, 6) is -2.46. The van der Waals surface area contributed by atoms with Gasteiger partial charge in [0.2, 0.25) is 0 Å². The Morgan fingerprint density at radius 1 is 1.18 bits per heavy atom. The lowest BCUT2D eigenvalue weighted by atomic mass is 10.5. The number of aliphatic carboxylic acids is 2. The summed E-state index contributed by atoms with van der Waals surface area (Å²) in [6, 6.07) is 0. The third kappa shape index (κ3) is 57.9. The number of hydrogen-bond donors (Lipinski definition) is 3. The molecule has 0 atom stereocenters. The Kier molecular flexibility index (Phi) is 7.31. The first-order chi connectivity index (χ1) is 4.86. The van der Waals surface area contributed by atoms with E-state index >= 15 is 0 Å². The Balaban J connectivity index is 0. The van der Waals surface area contributed by atoms with Crippen molar-refractivity contribution in [2.45, 2.75) is 13.3 Å².